The molecule has 0 saturated carbocycles. The number of carboxylic acid groups (broad SMARTS) is 1. The minimum Gasteiger partial charge on any atom is -0.484 e. The number of carbonyl (C=O) groups is 1. The number of ether oxygens (including phenoxy) is 1. The third-order valence-electron chi connectivity index (χ3n) is 1.95. The molecule has 0 radical (unpaired) electrons. The second-order valence-electron chi connectivity index (χ2n) is 3.59. The van der Waals surface area contributed by atoms with Gasteiger partial charge in [0, 0.05) is 0 Å². The Morgan fingerprint density at radius 3 is 2.25 bits per heavy atom. The predicted octanol–water partition coefficient (Wildman–Crippen LogP) is 0.991. The van der Waals surface area contributed by atoms with Gasteiger partial charge in [-0.05, 0) is 24.3 Å². The van der Waals surface area contributed by atoms with Crippen molar-refractivity contribution >= 4 is 16.0 Å². The fourth-order valence-electron chi connectivity index (χ4n) is 1.12. The predicted molar refractivity (Wildman–Crippen MR) is 60.8 cm³/mol. The summed E-state index contributed by atoms with van der Waals surface area (Å²) in [4.78, 5) is 9.98. The van der Waals surface area contributed by atoms with E-state index in [0.29, 0.717) is 0 Å². The van der Waals surface area contributed by atoms with Crippen molar-refractivity contribution < 1.29 is 36.2 Å². The maximum atomic E-state index is 11.9. The summed E-state index contributed by atoms with van der Waals surface area (Å²) in [6.07, 6.45) is -4.49. The molecule has 1 aromatic carbocycles. The van der Waals surface area contributed by atoms with Gasteiger partial charge in [-0.15, -0.1) is 0 Å². The Bertz CT molecular complexity index is 568. The molecule has 10 heteroatoms. The number of aliphatic carboxylic acids is 1. The lowest BCUT2D eigenvalue weighted by Gasteiger charge is -2.10. The van der Waals surface area contributed by atoms with E-state index >= 15 is 0 Å². The van der Waals surface area contributed by atoms with Gasteiger partial charge in [-0.3, -0.25) is 4.79 Å². The summed E-state index contributed by atoms with van der Waals surface area (Å²) in [6, 6.07) is 4.11. The van der Waals surface area contributed by atoms with Crippen molar-refractivity contribution in [2.24, 2.45) is 0 Å². The van der Waals surface area contributed by atoms with Crippen molar-refractivity contribution in [3.8, 4) is 5.75 Å². The molecular weight excluding hydrogens is 303 g/mol. The van der Waals surface area contributed by atoms with E-state index in [0.717, 1.165) is 24.3 Å². The average Bonchev–Trinajstić information content (AvgIpc) is 2.34. The van der Waals surface area contributed by atoms with Gasteiger partial charge < -0.3 is 9.84 Å². The highest BCUT2D eigenvalue weighted by Gasteiger charge is 2.28. The Morgan fingerprint density at radius 2 is 1.80 bits per heavy atom. The standard InChI is InChI=1S/C10H10F3NO5S/c11-10(12,13)6-19-7-1-3-8(4-2-7)20(17,18)14-5-9(15)16/h1-4,14H,5-6H2,(H,15,16). The van der Waals surface area contributed by atoms with Gasteiger partial charge in [-0.2, -0.15) is 17.9 Å². The lowest BCUT2D eigenvalue weighted by molar-refractivity contribution is -0.153. The SMILES string of the molecule is O=C(O)CNS(=O)(=O)c1ccc(OCC(F)(F)F)cc1. The van der Waals surface area contributed by atoms with Crippen molar-refractivity contribution in [3.63, 3.8) is 0 Å². The Labute approximate surface area is 112 Å². The van der Waals surface area contributed by atoms with Crippen LogP contribution in [0.3, 0.4) is 0 Å². The molecule has 0 heterocycles. The second-order valence-corrected chi connectivity index (χ2v) is 5.36. The Balaban J connectivity index is 2.73. The lowest BCUT2D eigenvalue weighted by Crippen LogP contribution is -2.29. The summed E-state index contributed by atoms with van der Waals surface area (Å²) in [7, 11) is -4.02. The molecule has 0 amide bonds. The number of hydrogen-bond donors (Lipinski definition) is 2. The molecule has 0 bridgehead atoms. The molecule has 20 heavy (non-hydrogen) atoms. The monoisotopic (exact) mass is 313 g/mol. The van der Waals surface area contributed by atoms with E-state index in [1.54, 1.807) is 4.72 Å². The number of nitrogens with one attached hydrogen (secondary N) is 1. The van der Waals surface area contributed by atoms with E-state index in [1.807, 2.05) is 0 Å². The largest absolute Gasteiger partial charge is 0.484 e. The van der Waals surface area contributed by atoms with Crippen LogP contribution in [0.25, 0.3) is 0 Å². The van der Waals surface area contributed by atoms with Gasteiger partial charge in [-0.1, -0.05) is 0 Å². The molecule has 0 aliphatic heterocycles. The van der Waals surface area contributed by atoms with Gasteiger partial charge >= 0.3 is 12.1 Å². The topological polar surface area (TPSA) is 92.7 Å². The first-order valence-electron chi connectivity index (χ1n) is 5.11. The van der Waals surface area contributed by atoms with Crippen LogP contribution in [0, 0.1) is 0 Å². The number of benzene rings is 1. The minimum absolute atomic E-state index is 0.153. The highest BCUT2D eigenvalue weighted by molar-refractivity contribution is 7.89. The van der Waals surface area contributed by atoms with Gasteiger partial charge in [0.05, 0.1) is 4.90 Å². The summed E-state index contributed by atoms with van der Waals surface area (Å²) in [5.74, 6) is -1.52. The van der Waals surface area contributed by atoms with Crippen molar-refractivity contribution in [2.45, 2.75) is 11.1 Å². The molecule has 0 aliphatic carbocycles. The van der Waals surface area contributed by atoms with Crippen LogP contribution in [-0.2, 0) is 14.8 Å². The van der Waals surface area contributed by atoms with Gasteiger partial charge in [-0.25, -0.2) is 8.42 Å². The van der Waals surface area contributed by atoms with Gasteiger partial charge in [0.2, 0.25) is 10.0 Å². The number of sulfonamides is 1. The zero-order valence-electron chi connectivity index (χ0n) is 9.85. The van der Waals surface area contributed by atoms with Crippen LogP contribution < -0.4 is 9.46 Å². The van der Waals surface area contributed by atoms with E-state index in [4.69, 9.17) is 5.11 Å². The molecule has 0 aliphatic rings. The molecule has 1 aromatic rings. The summed E-state index contributed by atoms with van der Waals surface area (Å²) >= 11 is 0. The zero-order valence-corrected chi connectivity index (χ0v) is 10.7. The van der Waals surface area contributed by atoms with Crippen LogP contribution in [-0.4, -0.2) is 38.8 Å². The first-order chi connectivity index (χ1) is 9.10. The highest BCUT2D eigenvalue weighted by atomic mass is 32.2. The molecule has 0 unspecified atom stereocenters. The zero-order chi connectivity index (χ0) is 15.4. The number of carboxylic acids is 1. The molecule has 6 nitrogen and oxygen atoms in total. The van der Waals surface area contributed by atoms with Gasteiger partial charge in [0.25, 0.3) is 0 Å². The maximum Gasteiger partial charge on any atom is 0.422 e. The van der Waals surface area contributed by atoms with Gasteiger partial charge in [0.15, 0.2) is 6.61 Å². The Hall–Kier alpha value is -1.81. The summed E-state index contributed by atoms with van der Waals surface area (Å²) < 4.78 is 65.0. The normalized spacial score (nSPS) is 12.2. The van der Waals surface area contributed by atoms with Crippen LogP contribution in [0.5, 0.6) is 5.75 Å². The van der Waals surface area contributed by atoms with Gasteiger partial charge in [0.1, 0.15) is 12.3 Å². The molecule has 0 aromatic heterocycles. The smallest absolute Gasteiger partial charge is 0.422 e. The molecule has 0 saturated heterocycles. The quantitative estimate of drug-likeness (QED) is 0.817. The fourth-order valence-corrected chi connectivity index (χ4v) is 2.09. The molecular formula is C10H10F3NO5S. The Morgan fingerprint density at radius 1 is 1.25 bits per heavy atom. The molecule has 0 atom stereocenters. The number of halogens is 3. The van der Waals surface area contributed by atoms with Crippen molar-refractivity contribution in [1.82, 2.24) is 4.72 Å². The van der Waals surface area contributed by atoms with E-state index < -0.39 is 35.3 Å². The average molecular weight is 313 g/mol. The van der Waals surface area contributed by atoms with Crippen molar-refractivity contribution in [1.29, 1.82) is 0 Å². The summed E-state index contributed by atoms with van der Waals surface area (Å²) in [5, 5.41) is 8.36. The number of hydrogen-bond acceptors (Lipinski definition) is 4. The van der Waals surface area contributed by atoms with Crippen LogP contribution in [0.4, 0.5) is 13.2 Å². The summed E-state index contributed by atoms with van der Waals surface area (Å²) in [6.45, 7) is -2.29. The third kappa shape index (κ3) is 5.45. The van der Waals surface area contributed by atoms with E-state index in [9.17, 15) is 26.4 Å². The summed E-state index contributed by atoms with van der Waals surface area (Å²) in [5.41, 5.74) is 0. The number of rotatable bonds is 6. The highest BCUT2D eigenvalue weighted by Crippen LogP contribution is 2.20. The third-order valence-corrected chi connectivity index (χ3v) is 3.37. The first kappa shape index (κ1) is 16.2. The molecule has 1 rings (SSSR count). The fraction of sp³-hybridized carbons (Fsp3) is 0.300. The molecule has 0 spiro atoms. The molecule has 0 fully saturated rings. The minimum atomic E-state index is -4.49. The Kier molecular flexibility index (Phi) is 4.95. The lowest BCUT2D eigenvalue weighted by atomic mass is 10.3. The van der Waals surface area contributed by atoms with Crippen molar-refractivity contribution in [3.05, 3.63) is 24.3 Å². The van der Waals surface area contributed by atoms with Crippen LogP contribution in [0.2, 0.25) is 0 Å². The van der Waals surface area contributed by atoms with E-state index in [2.05, 4.69) is 4.74 Å². The van der Waals surface area contributed by atoms with Crippen LogP contribution in [0.1, 0.15) is 0 Å². The second kappa shape index (κ2) is 6.09. The number of alkyl halides is 3. The van der Waals surface area contributed by atoms with Crippen molar-refractivity contribution in [2.75, 3.05) is 13.2 Å². The molecule has 112 valence electrons. The van der Waals surface area contributed by atoms with E-state index in [-0.39, 0.29) is 10.6 Å². The van der Waals surface area contributed by atoms with E-state index in [1.165, 1.54) is 0 Å². The maximum absolute atomic E-state index is 11.9. The van der Waals surface area contributed by atoms with Crippen LogP contribution in [0.15, 0.2) is 29.2 Å². The first-order valence-corrected chi connectivity index (χ1v) is 6.59. The van der Waals surface area contributed by atoms with Crippen LogP contribution >= 0.6 is 0 Å². The molecule has 2 N–H and O–H groups in total.